The summed E-state index contributed by atoms with van der Waals surface area (Å²) < 4.78 is 4.73. The normalized spacial score (nSPS) is 13.3. The first-order chi connectivity index (χ1) is 9.52. The Labute approximate surface area is 119 Å². The zero-order valence-corrected chi connectivity index (χ0v) is 12.0. The minimum Gasteiger partial charge on any atom is -0.467 e. The molecule has 0 aliphatic heterocycles. The van der Waals surface area contributed by atoms with Crippen LogP contribution >= 0.6 is 0 Å². The molecule has 3 N–H and O–H groups in total. The lowest BCUT2D eigenvalue weighted by Gasteiger charge is -2.17. The Morgan fingerprint density at radius 3 is 2.50 bits per heavy atom. The topological polar surface area (TPSA) is 81.4 Å². The molecule has 110 valence electrons. The van der Waals surface area contributed by atoms with Crippen molar-refractivity contribution in [2.24, 2.45) is 5.73 Å². The van der Waals surface area contributed by atoms with Gasteiger partial charge in [0.05, 0.1) is 7.11 Å². The molecule has 1 rings (SSSR count). The Hall–Kier alpha value is -1.88. The summed E-state index contributed by atoms with van der Waals surface area (Å²) in [7, 11) is 1.31. The van der Waals surface area contributed by atoms with E-state index in [0.717, 1.165) is 5.56 Å². The molecule has 0 bridgehead atoms. The molecule has 0 saturated heterocycles. The van der Waals surface area contributed by atoms with Crippen LogP contribution in [0.5, 0.6) is 0 Å². The molecule has 0 saturated carbocycles. The first kappa shape index (κ1) is 16.2. The summed E-state index contributed by atoms with van der Waals surface area (Å²) >= 11 is 0. The third kappa shape index (κ3) is 5.84. The fourth-order valence-electron chi connectivity index (χ4n) is 1.81. The van der Waals surface area contributed by atoms with E-state index in [4.69, 9.17) is 10.5 Å². The van der Waals surface area contributed by atoms with Gasteiger partial charge in [0.15, 0.2) is 0 Å². The number of rotatable bonds is 7. The van der Waals surface area contributed by atoms with Crippen LogP contribution in [0.2, 0.25) is 0 Å². The van der Waals surface area contributed by atoms with E-state index in [1.165, 1.54) is 7.11 Å². The number of hydrogen-bond acceptors (Lipinski definition) is 4. The van der Waals surface area contributed by atoms with Gasteiger partial charge in [-0.25, -0.2) is 4.79 Å². The molecule has 0 heterocycles. The van der Waals surface area contributed by atoms with Gasteiger partial charge in [0.2, 0.25) is 5.91 Å². The van der Waals surface area contributed by atoms with Gasteiger partial charge in [-0.1, -0.05) is 30.3 Å². The number of nitrogens with one attached hydrogen (secondary N) is 1. The van der Waals surface area contributed by atoms with Crippen molar-refractivity contribution in [1.82, 2.24) is 5.32 Å². The van der Waals surface area contributed by atoms with Crippen LogP contribution in [0.4, 0.5) is 0 Å². The van der Waals surface area contributed by atoms with Gasteiger partial charge in [0, 0.05) is 18.9 Å². The molecular formula is C15H22N2O3. The maximum absolute atomic E-state index is 11.8. The van der Waals surface area contributed by atoms with E-state index in [1.807, 2.05) is 37.3 Å². The van der Waals surface area contributed by atoms with Crippen LogP contribution in [-0.4, -0.2) is 31.1 Å². The highest BCUT2D eigenvalue weighted by Crippen LogP contribution is 2.05. The molecule has 0 spiro atoms. The Morgan fingerprint density at radius 1 is 1.30 bits per heavy atom. The van der Waals surface area contributed by atoms with E-state index in [-0.39, 0.29) is 11.9 Å². The number of esters is 1. The van der Waals surface area contributed by atoms with E-state index in [9.17, 15) is 9.59 Å². The lowest BCUT2D eigenvalue weighted by Crippen LogP contribution is -2.43. The molecule has 0 radical (unpaired) electrons. The Balaban J connectivity index is 2.61. The van der Waals surface area contributed by atoms with Gasteiger partial charge in [-0.15, -0.1) is 0 Å². The average molecular weight is 278 g/mol. The van der Waals surface area contributed by atoms with Crippen molar-refractivity contribution in [3.63, 3.8) is 0 Å². The molecule has 2 atom stereocenters. The molecule has 1 amide bonds. The first-order valence-corrected chi connectivity index (χ1v) is 6.69. The van der Waals surface area contributed by atoms with Crippen LogP contribution in [0.25, 0.3) is 0 Å². The van der Waals surface area contributed by atoms with Gasteiger partial charge in [0.25, 0.3) is 0 Å². The molecule has 0 fully saturated rings. The molecule has 0 aromatic heterocycles. The summed E-state index contributed by atoms with van der Waals surface area (Å²) in [6.07, 6.45) is 1.31. The van der Waals surface area contributed by atoms with Crippen molar-refractivity contribution in [3.8, 4) is 0 Å². The summed E-state index contributed by atoms with van der Waals surface area (Å²) in [6.45, 7) is 1.84. The van der Waals surface area contributed by atoms with E-state index >= 15 is 0 Å². The van der Waals surface area contributed by atoms with Crippen molar-refractivity contribution in [2.75, 3.05) is 7.11 Å². The second-order valence-electron chi connectivity index (χ2n) is 4.85. The van der Waals surface area contributed by atoms with Crippen LogP contribution < -0.4 is 11.1 Å². The summed E-state index contributed by atoms with van der Waals surface area (Å²) in [4.78, 5) is 23.5. The van der Waals surface area contributed by atoms with Gasteiger partial charge in [-0.3, -0.25) is 4.79 Å². The molecular weight excluding hydrogens is 256 g/mol. The molecule has 0 aliphatic rings. The third-order valence-electron chi connectivity index (χ3n) is 2.93. The van der Waals surface area contributed by atoms with E-state index in [2.05, 4.69) is 5.32 Å². The number of nitrogens with two attached hydrogens (primary N) is 1. The zero-order valence-electron chi connectivity index (χ0n) is 12.0. The number of hydrogen-bond donors (Lipinski definition) is 2. The number of benzene rings is 1. The Kier molecular flexibility index (Phi) is 6.73. The van der Waals surface area contributed by atoms with Crippen LogP contribution in [0, 0.1) is 0 Å². The zero-order chi connectivity index (χ0) is 15.0. The molecule has 5 nitrogen and oxygen atoms in total. The van der Waals surface area contributed by atoms with Gasteiger partial charge in [0.1, 0.15) is 6.04 Å². The molecule has 20 heavy (non-hydrogen) atoms. The molecule has 1 aromatic carbocycles. The predicted molar refractivity (Wildman–Crippen MR) is 77.0 cm³/mol. The molecule has 0 aliphatic carbocycles. The second-order valence-corrected chi connectivity index (χ2v) is 4.85. The van der Waals surface area contributed by atoms with Crippen molar-refractivity contribution < 1.29 is 14.3 Å². The SMILES string of the molecule is COC(=O)C(Cc1ccccc1)NC(=O)CCC(C)N. The summed E-state index contributed by atoms with van der Waals surface area (Å²) in [6, 6.07) is 8.80. The van der Waals surface area contributed by atoms with E-state index in [0.29, 0.717) is 19.3 Å². The number of methoxy groups -OCH3 is 1. The average Bonchev–Trinajstić information content (AvgIpc) is 2.44. The largest absolute Gasteiger partial charge is 0.467 e. The highest BCUT2D eigenvalue weighted by atomic mass is 16.5. The number of carbonyl (C=O) groups excluding carboxylic acids is 2. The number of ether oxygens (including phenoxy) is 1. The second kappa shape index (κ2) is 8.32. The lowest BCUT2D eigenvalue weighted by atomic mass is 10.1. The van der Waals surface area contributed by atoms with Crippen molar-refractivity contribution >= 4 is 11.9 Å². The quantitative estimate of drug-likeness (QED) is 0.729. The van der Waals surface area contributed by atoms with Crippen LogP contribution in [0.3, 0.4) is 0 Å². The standard InChI is InChI=1S/C15H22N2O3/c1-11(16)8-9-14(18)17-13(15(19)20-2)10-12-6-4-3-5-7-12/h3-7,11,13H,8-10,16H2,1-2H3,(H,17,18). The minimum absolute atomic E-state index is 0.0357. The van der Waals surface area contributed by atoms with Crippen LogP contribution in [0.15, 0.2) is 30.3 Å². The van der Waals surface area contributed by atoms with E-state index in [1.54, 1.807) is 0 Å². The predicted octanol–water partition coefficient (Wildman–Crippen LogP) is 1.01. The maximum atomic E-state index is 11.8. The third-order valence-corrected chi connectivity index (χ3v) is 2.93. The summed E-state index contributed by atoms with van der Waals surface area (Å²) in [5, 5.41) is 2.70. The van der Waals surface area contributed by atoms with Gasteiger partial charge in [-0.05, 0) is 18.9 Å². The van der Waals surface area contributed by atoms with E-state index < -0.39 is 12.0 Å². The fraction of sp³-hybridized carbons (Fsp3) is 0.467. The first-order valence-electron chi connectivity index (χ1n) is 6.69. The minimum atomic E-state index is -0.664. The van der Waals surface area contributed by atoms with Gasteiger partial charge in [-0.2, -0.15) is 0 Å². The number of carbonyl (C=O) groups is 2. The summed E-state index contributed by atoms with van der Waals surface area (Å²) in [5.74, 6) is -0.628. The number of amides is 1. The van der Waals surface area contributed by atoms with Crippen molar-refractivity contribution in [1.29, 1.82) is 0 Å². The molecule has 5 heteroatoms. The van der Waals surface area contributed by atoms with Crippen LogP contribution in [-0.2, 0) is 20.7 Å². The lowest BCUT2D eigenvalue weighted by molar-refractivity contribution is -0.145. The van der Waals surface area contributed by atoms with Crippen LogP contribution in [0.1, 0.15) is 25.3 Å². The maximum Gasteiger partial charge on any atom is 0.328 e. The monoisotopic (exact) mass is 278 g/mol. The Bertz CT molecular complexity index is 432. The highest BCUT2D eigenvalue weighted by molar-refractivity contribution is 5.84. The molecule has 1 aromatic rings. The van der Waals surface area contributed by atoms with Crippen molar-refractivity contribution in [2.45, 2.75) is 38.3 Å². The Morgan fingerprint density at radius 2 is 1.95 bits per heavy atom. The van der Waals surface area contributed by atoms with Gasteiger partial charge < -0.3 is 15.8 Å². The highest BCUT2D eigenvalue weighted by Gasteiger charge is 2.21. The van der Waals surface area contributed by atoms with Crippen molar-refractivity contribution in [3.05, 3.63) is 35.9 Å². The fourth-order valence-corrected chi connectivity index (χ4v) is 1.81. The smallest absolute Gasteiger partial charge is 0.328 e. The van der Waals surface area contributed by atoms with Gasteiger partial charge >= 0.3 is 5.97 Å². The molecule has 2 unspecified atom stereocenters. The summed E-state index contributed by atoms with van der Waals surface area (Å²) in [5.41, 5.74) is 6.58.